The second kappa shape index (κ2) is 23.7. The molecule has 0 saturated heterocycles. The van der Waals surface area contributed by atoms with E-state index in [-0.39, 0.29) is 11.8 Å². The van der Waals surface area contributed by atoms with Crippen LogP contribution in [0.4, 0.5) is 0 Å². The Balaban J connectivity index is 3.35. The Morgan fingerprint density at radius 2 is 0.900 bits per heavy atom. The quantitative estimate of drug-likeness (QED) is 0.162. The number of rotatable bonds is 21. The van der Waals surface area contributed by atoms with Crippen LogP contribution in [0.15, 0.2) is 24.3 Å². The fourth-order valence-corrected chi connectivity index (χ4v) is 3.31. The van der Waals surface area contributed by atoms with Crippen molar-refractivity contribution >= 4 is 11.8 Å². The van der Waals surface area contributed by atoms with Crippen molar-refractivity contribution in [2.45, 2.75) is 117 Å². The van der Waals surface area contributed by atoms with Gasteiger partial charge in [-0.15, -0.1) is 0 Å². The van der Waals surface area contributed by atoms with Crippen molar-refractivity contribution in [1.29, 1.82) is 0 Å². The minimum atomic E-state index is 0.101. The molecule has 0 rings (SSSR count). The van der Waals surface area contributed by atoms with Gasteiger partial charge in [0.25, 0.3) is 0 Å². The lowest BCUT2D eigenvalue weighted by molar-refractivity contribution is -0.123. The minimum absolute atomic E-state index is 0.101. The number of allylic oxidation sites excluding steroid dienone is 4. The third-order valence-electron chi connectivity index (χ3n) is 5.12. The standard InChI is InChI=1S/C26H48N2O2/c1-3-5-7-9-11-13-15-17-19-21-25(29)27-23-24-28-26(30)22-20-18-16-14-12-10-8-6-4-2/h5-8H,3-4,9-24H2,1-2H3,(H,27,29)(H,28,30). The molecule has 0 fully saturated rings. The monoisotopic (exact) mass is 420 g/mol. The molecular formula is C26H48N2O2. The number of amides is 2. The summed E-state index contributed by atoms with van der Waals surface area (Å²) in [5.74, 6) is 0.202. The molecule has 0 aliphatic carbocycles. The van der Waals surface area contributed by atoms with Gasteiger partial charge in [0, 0.05) is 25.9 Å². The molecule has 2 amide bonds. The molecule has 4 nitrogen and oxygen atoms in total. The van der Waals surface area contributed by atoms with Crippen molar-refractivity contribution in [2.75, 3.05) is 13.1 Å². The zero-order valence-corrected chi connectivity index (χ0v) is 19.9. The highest BCUT2D eigenvalue weighted by Gasteiger charge is 2.03. The van der Waals surface area contributed by atoms with Gasteiger partial charge in [0.2, 0.25) is 11.8 Å². The molecule has 0 aromatic heterocycles. The molecule has 0 aromatic rings. The van der Waals surface area contributed by atoms with Crippen molar-refractivity contribution in [3.8, 4) is 0 Å². The summed E-state index contributed by atoms with van der Waals surface area (Å²) in [6.45, 7) is 5.37. The lowest BCUT2D eigenvalue weighted by Crippen LogP contribution is -2.34. The number of nitrogens with one attached hydrogen (secondary N) is 2. The fraction of sp³-hybridized carbons (Fsp3) is 0.769. The van der Waals surface area contributed by atoms with E-state index in [9.17, 15) is 9.59 Å². The summed E-state index contributed by atoms with van der Waals surface area (Å²) in [6, 6.07) is 0. The van der Waals surface area contributed by atoms with E-state index in [1.54, 1.807) is 0 Å². The molecule has 30 heavy (non-hydrogen) atoms. The Morgan fingerprint density at radius 1 is 0.533 bits per heavy atom. The fourth-order valence-electron chi connectivity index (χ4n) is 3.31. The first-order valence-corrected chi connectivity index (χ1v) is 12.5. The molecule has 2 N–H and O–H groups in total. The molecule has 0 saturated carbocycles. The van der Waals surface area contributed by atoms with Crippen LogP contribution in [0.1, 0.15) is 117 Å². The van der Waals surface area contributed by atoms with Gasteiger partial charge >= 0.3 is 0 Å². The van der Waals surface area contributed by atoms with Gasteiger partial charge in [0.1, 0.15) is 0 Å². The van der Waals surface area contributed by atoms with Gasteiger partial charge in [0.15, 0.2) is 0 Å². The number of unbranched alkanes of at least 4 members (excludes halogenated alkanes) is 10. The molecule has 0 bridgehead atoms. The van der Waals surface area contributed by atoms with Crippen LogP contribution >= 0.6 is 0 Å². The third kappa shape index (κ3) is 22.7. The van der Waals surface area contributed by atoms with Crippen LogP contribution in [0.25, 0.3) is 0 Å². The average molecular weight is 421 g/mol. The van der Waals surface area contributed by atoms with E-state index < -0.39 is 0 Å². The van der Waals surface area contributed by atoms with Crippen LogP contribution in [0, 0.1) is 0 Å². The summed E-state index contributed by atoms with van der Waals surface area (Å²) >= 11 is 0. The maximum atomic E-state index is 11.8. The highest BCUT2D eigenvalue weighted by atomic mass is 16.2. The summed E-state index contributed by atoms with van der Waals surface area (Å²) in [5, 5.41) is 5.80. The number of hydrogen-bond donors (Lipinski definition) is 2. The van der Waals surface area contributed by atoms with Crippen molar-refractivity contribution in [1.82, 2.24) is 10.6 Å². The lowest BCUT2D eigenvalue weighted by Gasteiger charge is -2.07. The largest absolute Gasteiger partial charge is 0.354 e. The zero-order chi connectivity index (χ0) is 22.1. The van der Waals surface area contributed by atoms with Gasteiger partial charge in [-0.2, -0.15) is 0 Å². The first-order valence-electron chi connectivity index (χ1n) is 12.5. The van der Waals surface area contributed by atoms with Crippen LogP contribution in [-0.4, -0.2) is 24.9 Å². The predicted octanol–water partition coefficient (Wildman–Crippen LogP) is 6.61. The van der Waals surface area contributed by atoms with Crippen molar-refractivity contribution in [2.24, 2.45) is 0 Å². The molecule has 0 aliphatic heterocycles. The van der Waals surface area contributed by atoms with Crippen LogP contribution in [0.3, 0.4) is 0 Å². The van der Waals surface area contributed by atoms with E-state index in [1.807, 2.05) is 0 Å². The average Bonchev–Trinajstić information content (AvgIpc) is 2.74. The Hall–Kier alpha value is -1.58. The van der Waals surface area contributed by atoms with Gasteiger partial charge in [-0.05, 0) is 51.4 Å². The summed E-state index contributed by atoms with van der Waals surface area (Å²) < 4.78 is 0. The van der Waals surface area contributed by atoms with E-state index in [0.29, 0.717) is 25.9 Å². The summed E-state index contributed by atoms with van der Waals surface area (Å²) in [5.41, 5.74) is 0. The highest BCUT2D eigenvalue weighted by molar-refractivity contribution is 5.77. The summed E-state index contributed by atoms with van der Waals surface area (Å²) in [6.07, 6.45) is 26.3. The SMILES string of the molecule is CCC=CCCCCCCCC(=O)NCCNC(=O)CCCCCCCC=CCC. The van der Waals surface area contributed by atoms with Crippen LogP contribution in [0.2, 0.25) is 0 Å². The van der Waals surface area contributed by atoms with Crippen molar-refractivity contribution in [3.63, 3.8) is 0 Å². The first-order chi connectivity index (χ1) is 14.7. The molecule has 4 heteroatoms. The molecule has 0 aromatic carbocycles. The summed E-state index contributed by atoms with van der Waals surface area (Å²) in [4.78, 5) is 23.6. The molecule has 0 heterocycles. The van der Waals surface area contributed by atoms with E-state index in [2.05, 4.69) is 48.8 Å². The smallest absolute Gasteiger partial charge is 0.220 e. The van der Waals surface area contributed by atoms with Gasteiger partial charge in [0.05, 0.1) is 0 Å². The van der Waals surface area contributed by atoms with E-state index in [1.165, 1.54) is 51.4 Å². The van der Waals surface area contributed by atoms with E-state index in [0.717, 1.165) is 38.5 Å². The topological polar surface area (TPSA) is 58.2 Å². The predicted molar refractivity (Wildman–Crippen MR) is 130 cm³/mol. The second-order valence-corrected chi connectivity index (χ2v) is 8.07. The Bertz CT molecular complexity index is 416. The van der Waals surface area contributed by atoms with E-state index in [4.69, 9.17) is 0 Å². The Morgan fingerprint density at radius 3 is 1.30 bits per heavy atom. The maximum absolute atomic E-state index is 11.8. The summed E-state index contributed by atoms with van der Waals surface area (Å²) in [7, 11) is 0. The first kappa shape index (κ1) is 28.4. The molecule has 0 unspecified atom stereocenters. The number of hydrogen-bond acceptors (Lipinski definition) is 2. The van der Waals surface area contributed by atoms with Gasteiger partial charge in [-0.1, -0.05) is 76.7 Å². The maximum Gasteiger partial charge on any atom is 0.220 e. The van der Waals surface area contributed by atoms with Crippen molar-refractivity contribution < 1.29 is 9.59 Å². The van der Waals surface area contributed by atoms with Crippen LogP contribution < -0.4 is 10.6 Å². The van der Waals surface area contributed by atoms with Crippen LogP contribution in [0.5, 0.6) is 0 Å². The Labute approximate surface area is 186 Å². The molecule has 0 aliphatic rings. The molecule has 0 atom stereocenters. The Kier molecular flexibility index (Phi) is 22.4. The van der Waals surface area contributed by atoms with Gasteiger partial charge in [-0.25, -0.2) is 0 Å². The van der Waals surface area contributed by atoms with Crippen molar-refractivity contribution in [3.05, 3.63) is 24.3 Å². The highest BCUT2D eigenvalue weighted by Crippen LogP contribution is 2.08. The van der Waals surface area contributed by atoms with Gasteiger partial charge in [-0.3, -0.25) is 9.59 Å². The number of carbonyl (C=O) groups is 2. The molecule has 174 valence electrons. The molecule has 0 spiro atoms. The molecular weight excluding hydrogens is 372 g/mol. The lowest BCUT2D eigenvalue weighted by atomic mass is 10.1. The normalized spacial score (nSPS) is 11.4. The minimum Gasteiger partial charge on any atom is -0.354 e. The zero-order valence-electron chi connectivity index (χ0n) is 19.9. The second-order valence-electron chi connectivity index (χ2n) is 8.07. The van der Waals surface area contributed by atoms with E-state index >= 15 is 0 Å². The number of carbonyl (C=O) groups excluding carboxylic acids is 2. The van der Waals surface area contributed by atoms with Crippen LogP contribution in [-0.2, 0) is 9.59 Å². The molecule has 0 radical (unpaired) electrons. The van der Waals surface area contributed by atoms with Gasteiger partial charge < -0.3 is 10.6 Å². The third-order valence-corrected chi connectivity index (χ3v) is 5.12.